The van der Waals surface area contributed by atoms with E-state index in [1.807, 2.05) is 19.0 Å². The van der Waals surface area contributed by atoms with Crippen LogP contribution < -0.4 is 5.32 Å². The zero-order chi connectivity index (χ0) is 17.7. The summed E-state index contributed by atoms with van der Waals surface area (Å²) in [6, 6.07) is 8.42. The molecular formula is C17H27N3O3S. The quantitative estimate of drug-likeness (QED) is 0.804. The first kappa shape index (κ1) is 18.9. The smallest absolute Gasteiger partial charge is 0.234 e. The van der Waals surface area contributed by atoms with Gasteiger partial charge in [0.1, 0.15) is 0 Å². The molecule has 134 valence electrons. The summed E-state index contributed by atoms with van der Waals surface area (Å²) in [5.74, 6) is 0.224. The number of likely N-dealkylation sites (N-methyl/N-ethyl adjacent to an activating group) is 1. The van der Waals surface area contributed by atoms with E-state index in [2.05, 4.69) is 41.4 Å². The molecule has 0 aliphatic carbocycles. The van der Waals surface area contributed by atoms with Gasteiger partial charge in [-0.05, 0) is 26.6 Å². The van der Waals surface area contributed by atoms with Crippen molar-refractivity contribution < 1.29 is 13.2 Å². The summed E-state index contributed by atoms with van der Waals surface area (Å²) in [4.78, 5) is 16.1. The highest BCUT2D eigenvalue weighted by Crippen LogP contribution is 2.17. The molecule has 0 unspecified atom stereocenters. The van der Waals surface area contributed by atoms with Crippen molar-refractivity contribution >= 4 is 15.7 Å². The Bertz CT molecular complexity index is 642. The number of hydrogen-bond donors (Lipinski definition) is 1. The average Bonchev–Trinajstić information content (AvgIpc) is 2.51. The fraction of sp³-hybridized carbons (Fsp3) is 0.588. The maximum Gasteiger partial charge on any atom is 0.234 e. The van der Waals surface area contributed by atoms with Gasteiger partial charge in [-0.3, -0.25) is 9.69 Å². The van der Waals surface area contributed by atoms with E-state index in [0.29, 0.717) is 19.6 Å². The van der Waals surface area contributed by atoms with Gasteiger partial charge in [-0.1, -0.05) is 29.8 Å². The van der Waals surface area contributed by atoms with Crippen LogP contribution in [0.5, 0.6) is 0 Å². The van der Waals surface area contributed by atoms with Crippen LogP contribution in [0.25, 0.3) is 0 Å². The van der Waals surface area contributed by atoms with Gasteiger partial charge >= 0.3 is 0 Å². The molecule has 1 saturated heterocycles. The summed E-state index contributed by atoms with van der Waals surface area (Å²) in [6.45, 7) is 3.70. The van der Waals surface area contributed by atoms with Crippen molar-refractivity contribution in [1.82, 2.24) is 15.1 Å². The maximum atomic E-state index is 12.2. The lowest BCUT2D eigenvalue weighted by atomic mass is 10.0. The Hall–Kier alpha value is -1.44. The summed E-state index contributed by atoms with van der Waals surface area (Å²) < 4.78 is 22.8. The fourth-order valence-corrected chi connectivity index (χ4v) is 4.04. The summed E-state index contributed by atoms with van der Waals surface area (Å²) in [5.41, 5.74) is 2.37. The van der Waals surface area contributed by atoms with Crippen LogP contribution >= 0.6 is 0 Å². The first-order chi connectivity index (χ1) is 11.3. The van der Waals surface area contributed by atoms with E-state index < -0.39 is 9.84 Å². The second-order valence-electron chi connectivity index (χ2n) is 6.62. The van der Waals surface area contributed by atoms with Crippen molar-refractivity contribution in [2.45, 2.75) is 13.0 Å². The van der Waals surface area contributed by atoms with Gasteiger partial charge in [0.25, 0.3) is 0 Å². The van der Waals surface area contributed by atoms with Crippen LogP contribution in [-0.4, -0.2) is 75.9 Å². The molecule has 1 aromatic rings. The largest absolute Gasteiger partial charge is 0.353 e. The highest BCUT2D eigenvalue weighted by atomic mass is 32.2. The number of nitrogens with zero attached hydrogens (tertiary/aromatic N) is 2. The van der Waals surface area contributed by atoms with Gasteiger partial charge < -0.3 is 10.2 Å². The molecule has 1 fully saturated rings. The minimum absolute atomic E-state index is 0.0618. The number of sulfone groups is 1. The SMILES string of the molecule is Cc1ccc([C@@H](CNC(=O)CN2CCS(=O)(=O)CC2)N(C)C)cc1. The standard InChI is InChI=1S/C17H27N3O3S/c1-14-4-6-15(7-5-14)16(19(2)3)12-18-17(21)13-20-8-10-24(22,23)11-9-20/h4-7,16H,8-13H2,1-3H3,(H,18,21)/t16-/m1/s1. The molecule has 2 rings (SSSR count). The van der Waals surface area contributed by atoms with Gasteiger partial charge in [-0.2, -0.15) is 0 Å². The number of nitrogens with one attached hydrogen (secondary N) is 1. The average molecular weight is 353 g/mol. The minimum Gasteiger partial charge on any atom is -0.353 e. The third-order valence-electron chi connectivity index (χ3n) is 4.38. The lowest BCUT2D eigenvalue weighted by Crippen LogP contribution is -2.46. The molecule has 1 aromatic carbocycles. The topological polar surface area (TPSA) is 69.7 Å². The second-order valence-corrected chi connectivity index (χ2v) is 8.93. The number of carbonyl (C=O) groups excluding carboxylic acids is 1. The summed E-state index contributed by atoms with van der Waals surface area (Å²) >= 11 is 0. The summed E-state index contributed by atoms with van der Waals surface area (Å²) in [7, 11) is 1.08. The van der Waals surface area contributed by atoms with E-state index in [0.717, 1.165) is 5.56 Å². The number of aryl methyl sites for hydroxylation is 1. The Kier molecular flexibility index (Phi) is 6.37. The monoisotopic (exact) mass is 353 g/mol. The predicted octanol–water partition coefficient (Wildman–Crippen LogP) is 0.444. The number of carbonyl (C=O) groups is 1. The highest BCUT2D eigenvalue weighted by molar-refractivity contribution is 7.91. The van der Waals surface area contributed by atoms with Gasteiger partial charge in [0.05, 0.1) is 24.1 Å². The fourth-order valence-electron chi connectivity index (χ4n) is 2.77. The van der Waals surface area contributed by atoms with Gasteiger partial charge in [0, 0.05) is 19.6 Å². The minimum atomic E-state index is -2.91. The Morgan fingerprint density at radius 3 is 2.33 bits per heavy atom. The van der Waals surface area contributed by atoms with Crippen molar-refractivity contribution in [3.63, 3.8) is 0 Å². The van der Waals surface area contributed by atoms with E-state index in [-0.39, 0.29) is 30.0 Å². The van der Waals surface area contributed by atoms with Gasteiger partial charge in [-0.15, -0.1) is 0 Å². The molecule has 1 aliphatic rings. The molecule has 1 heterocycles. The first-order valence-corrected chi connectivity index (χ1v) is 10.0. The third-order valence-corrected chi connectivity index (χ3v) is 5.99. The molecule has 1 N–H and O–H groups in total. The molecule has 0 bridgehead atoms. The molecule has 0 saturated carbocycles. The normalized spacial score (nSPS) is 19.2. The van der Waals surface area contributed by atoms with Crippen LogP contribution in [-0.2, 0) is 14.6 Å². The van der Waals surface area contributed by atoms with Crippen LogP contribution in [0.15, 0.2) is 24.3 Å². The first-order valence-electron chi connectivity index (χ1n) is 8.19. The molecule has 1 aliphatic heterocycles. The summed E-state index contributed by atoms with van der Waals surface area (Å²) in [6.07, 6.45) is 0. The molecule has 0 radical (unpaired) electrons. The van der Waals surface area contributed by atoms with Crippen molar-refractivity contribution in [3.05, 3.63) is 35.4 Å². The highest BCUT2D eigenvalue weighted by Gasteiger charge is 2.23. The third kappa shape index (κ3) is 5.58. The Morgan fingerprint density at radius 1 is 1.21 bits per heavy atom. The Balaban J connectivity index is 1.85. The van der Waals surface area contributed by atoms with Crippen LogP contribution in [0.1, 0.15) is 17.2 Å². The van der Waals surface area contributed by atoms with Crippen molar-refractivity contribution in [2.24, 2.45) is 0 Å². The number of hydrogen-bond acceptors (Lipinski definition) is 5. The van der Waals surface area contributed by atoms with Gasteiger partial charge in [0.15, 0.2) is 9.84 Å². The molecule has 1 amide bonds. The van der Waals surface area contributed by atoms with Crippen LogP contribution in [0, 0.1) is 6.92 Å². The van der Waals surface area contributed by atoms with Crippen molar-refractivity contribution in [1.29, 1.82) is 0 Å². The van der Waals surface area contributed by atoms with Crippen LogP contribution in [0.3, 0.4) is 0 Å². The molecule has 0 spiro atoms. The predicted molar refractivity (Wildman–Crippen MR) is 95.7 cm³/mol. The Morgan fingerprint density at radius 2 is 1.79 bits per heavy atom. The van der Waals surface area contributed by atoms with Crippen LogP contribution in [0.4, 0.5) is 0 Å². The lowest BCUT2D eigenvalue weighted by molar-refractivity contribution is -0.122. The molecular weight excluding hydrogens is 326 g/mol. The van der Waals surface area contributed by atoms with Gasteiger partial charge in [0.2, 0.25) is 5.91 Å². The number of amides is 1. The molecule has 1 atom stereocenters. The molecule has 24 heavy (non-hydrogen) atoms. The Labute approximate surface area is 144 Å². The zero-order valence-corrected chi connectivity index (χ0v) is 15.5. The van der Waals surface area contributed by atoms with Gasteiger partial charge in [-0.25, -0.2) is 8.42 Å². The van der Waals surface area contributed by atoms with E-state index in [1.54, 1.807) is 0 Å². The van der Waals surface area contributed by atoms with Crippen molar-refractivity contribution in [3.8, 4) is 0 Å². The zero-order valence-electron chi connectivity index (χ0n) is 14.7. The molecule has 0 aromatic heterocycles. The number of rotatable bonds is 6. The van der Waals surface area contributed by atoms with E-state index in [4.69, 9.17) is 0 Å². The van der Waals surface area contributed by atoms with Crippen molar-refractivity contribution in [2.75, 3.05) is 51.8 Å². The lowest BCUT2D eigenvalue weighted by Gasteiger charge is -2.28. The van der Waals surface area contributed by atoms with E-state index >= 15 is 0 Å². The number of benzene rings is 1. The molecule has 7 heteroatoms. The second kappa shape index (κ2) is 8.09. The summed E-state index contributed by atoms with van der Waals surface area (Å²) in [5, 5.41) is 2.97. The van der Waals surface area contributed by atoms with Crippen LogP contribution in [0.2, 0.25) is 0 Å². The maximum absolute atomic E-state index is 12.2. The molecule has 6 nitrogen and oxygen atoms in total. The van der Waals surface area contributed by atoms with E-state index in [1.165, 1.54) is 5.56 Å². The van der Waals surface area contributed by atoms with E-state index in [9.17, 15) is 13.2 Å².